The Morgan fingerprint density at radius 1 is 1.35 bits per heavy atom. The third-order valence-corrected chi connectivity index (χ3v) is 4.45. The highest BCUT2D eigenvalue weighted by atomic mass is 35.5. The molecule has 0 bridgehead atoms. The lowest BCUT2D eigenvalue weighted by atomic mass is 10.3. The van der Waals surface area contributed by atoms with Crippen LogP contribution in [0.2, 0.25) is 5.02 Å². The molecular formula is C13H11ClOS2. The fourth-order valence-electron chi connectivity index (χ4n) is 1.36. The number of thiophene rings is 1. The van der Waals surface area contributed by atoms with Crippen molar-refractivity contribution in [3.8, 4) is 0 Å². The average Bonchev–Trinajstić information content (AvgIpc) is 2.73. The van der Waals surface area contributed by atoms with Gasteiger partial charge in [0.2, 0.25) is 0 Å². The van der Waals surface area contributed by atoms with Gasteiger partial charge in [-0.3, -0.25) is 4.79 Å². The first-order chi connectivity index (χ1) is 8.15. The monoisotopic (exact) mass is 282 g/mol. The number of aryl methyl sites for hydroxylation is 1. The first-order valence-corrected chi connectivity index (χ1v) is 7.31. The fraction of sp³-hybridized carbons (Fsp3) is 0.154. The number of Topliss-reactive ketones (excluding diaryl/α,β-unsaturated/α-hetero) is 1. The number of carbonyl (C=O) groups is 1. The summed E-state index contributed by atoms with van der Waals surface area (Å²) in [7, 11) is 0. The van der Waals surface area contributed by atoms with E-state index in [1.165, 1.54) is 16.6 Å². The zero-order valence-corrected chi connectivity index (χ0v) is 11.7. The second kappa shape index (κ2) is 5.71. The molecule has 17 heavy (non-hydrogen) atoms. The lowest BCUT2D eigenvalue weighted by molar-refractivity contribution is 0.102. The smallest absolute Gasteiger partial charge is 0.182 e. The molecule has 0 N–H and O–H groups in total. The first-order valence-electron chi connectivity index (χ1n) is 5.13. The van der Waals surface area contributed by atoms with E-state index in [0.717, 1.165) is 9.77 Å². The SMILES string of the molecule is Cc1ccc(C(=O)CSc2cccc(Cl)c2)s1. The summed E-state index contributed by atoms with van der Waals surface area (Å²) in [5, 5.41) is 0.703. The van der Waals surface area contributed by atoms with E-state index in [4.69, 9.17) is 11.6 Å². The molecule has 88 valence electrons. The van der Waals surface area contributed by atoms with E-state index in [0.29, 0.717) is 10.8 Å². The maximum Gasteiger partial charge on any atom is 0.182 e. The summed E-state index contributed by atoms with van der Waals surface area (Å²) in [6.45, 7) is 2.01. The third kappa shape index (κ3) is 3.60. The molecule has 0 spiro atoms. The number of carbonyl (C=O) groups excluding carboxylic acids is 1. The summed E-state index contributed by atoms with van der Waals surface area (Å²) >= 11 is 8.95. The van der Waals surface area contributed by atoms with Gasteiger partial charge >= 0.3 is 0 Å². The zero-order chi connectivity index (χ0) is 12.3. The minimum Gasteiger partial charge on any atom is -0.292 e. The predicted molar refractivity (Wildman–Crippen MR) is 75.6 cm³/mol. The third-order valence-electron chi connectivity index (χ3n) is 2.18. The van der Waals surface area contributed by atoms with Gasteiger partial charge in [-0.05, 0) is 37.3 Å². The Balaban J connectivity index is 1.97. The first kappa shape index (κ1) is 12.7. The molecule has 0 fully saturated rings. The van der Waals surface area contributed by atoms with Gasteiger partial charge in [-0.25, -0.2) is 0 Å². The van der Waals surface area contributed by atoms with Crippen LogP contribution in [0.15, 0.2) is 41.3 Å². The second-order valence-electron chi connectivity index (χ2n) is 3.58. The van der Waals surface area contributed by atoms with Crippen LogP contribution in [0.4, 0.5) is 0 Å². The summed E-state index contributed by atoms with van der Waals surface area (Å²) in [5.74, 6) is 0.633. The van der Waals surface area contributed by atoms with Crippen molar-refractivity contribution >= 4 is 40.5 Å². The summed E-state index contributed by atoms with van der Waals surface area (Å²) in [6, 6.07) is 11.4. The molecule has 0 radical (unpaired) electrons. The number of ketones is 1. The van der Waals surface area contributed by atoms with Gasteiger partial charge in [-0.1, -0.05) is 17.7 Å². The number of hydrogen-bond acceptors (Lipinski definition) is 3. The Labute approximate surface area is 114 Å². The Hall–Kier alpha value is -0.770. The van der Waals surface area contributed by atoms with Crippen molar-refractivity contribution in [1.82, 2.24) is 0 Å². The van der Waals surface area contributed by atoms with E-state index in [2.05, 4.69) is 0 Å². The molecule has 1 heterocycles. The van der Waals surface area contributed by atoms with E-state index >= 15 is 0 Å². The second-order valence-corrected chi connectivity index (χ2v) is 6.35. The van der Waals surface area contributed by atoms with E-state index in [1.54, 1.807) is 11.3 Å². The van der Waals surface area contributed by atoms with Crippen LogP contribution in [0.1, 0.15) is 14.5 Å². The highest BCUT2D eigenvalue weighted by Gasteiger charge is 2.08. The van der Waals surface area contributed by atoms with Crippen LogP contribution in [0.3, 0.4) is 0 Å². The maximum absolute atomic E-state index is 11.9. The van der Waals surface area contributed by atoms with Gasteiger partial charge < -0.3 is 0 Å². The zero-order valence-electron chi connectivity index (χ0n) is 9.27. The van der Waals surface area contributed by atoms with Crippen molar-refractivity contribution in [3.05, 3.63) is 51.2 Å². The Morgan fingerprint density at radius 2 is 2.18 bits per heavy atom. The van der Waals surface area contributed by atoms with Crippen LogP contribution in [-0.4, -0.2) is 11.5 Å². The summed E-state index contributed by atoms with van der Waals surface area (Å²) < 4.78 is 0. The predicted octanol–water partition coefficient (Wildman–Crippen LogP) is 4.68. The number of thioether (sulfide) groups is 1. The van der Waals surface area contributed by atoms with Crippen LogP contribution in [0.5, 0.6) is 0 Å². The molecule has 1 aromatic carbocycles. The molecule has 0 saturated heterocycles. The molecule has 1 aromatic heterocycles. The fourth-order valence-corrected chi connectivity index (χ4v) is 3.35. The Kier molecular flexibility index (Phi) is 4.26. The van der Waals surface area contributed by atoms with Gasteiger partial charge in [0.15, 0.2) is 5.78 Å². The molecule has 0 aliphatic rings. The van der Waals surface area contributed by atoms with Gasteiger partial charge in [0, 0.05) is 14.8 Å². The number of benzene rings is 1. The number of rotatable bonds is 4. The van der Waals surface area contributed by atoms with Gasteiger partial charge in [-0.2, -0.15) is 0 Å². The molecule has 2 rings (SSSR count). The van der Waals surface area contributed by atoms with Crippen LogP contribution in [-0.2, 0) is 0 Å². The standard InChI is InChI=1S/C13H11ClOS2/c1-9-5-6-13(17-9)12(15)8-16-11-4-2-3-10(14)7-11/h2-7H,8H2,1H3. The summed E-state index contributed by atoms with van der Waals surface area (Å²) in [5.41, 5.74) is 0. The summed E-state index contributed by atoms with van der Waals surface area (Å²) in [4.78, 5) is 14.9. The Bertz CT molecular complexity index is 534. The van der Waals surface area contributed by atoms with Crippen LogP contribution in [0.25, 0.3) is 0 Å². The summed E-state index contributed by atoms with van der Waals surface area (Å²) in [6.07, 6.45) is 0. The van der Waals surface area contributed by atoms with E-state index in [-0.39, 0.29) is 5.78 Å². The molecule has 0 amide bonds. The van der Waals surface area contributed by atoms with E-state index in [9.17, 15) is 4.79 Å². The van der Waals surface area contributed by atoms with Crippen molar-refractivity contribution in [3.63, 3.8) is 0 Å². The van der Waals surface area contributed by atoms with Crippen molar-refractivity contribution in [1.29, 1.82) is 0 Å². The highest BCUT2D eigenvalue weighted by Crippen LogP contribution is 2.24. The van der Waals surface area contributed by atoms with Crippen LogP contribution in [0, 0.1) is 6.92 Å². The average molecular weight is 283 g/mol. The van der Waals surface area contributed by atoms with Gasteiger partial charge in [0.25, 0.3) is 0 Å². The molecule has 0 aliphatic carbocycles. The van der Waals surface area contributed by atoms with Gasteiger partial charge in [-0.15, -0.1) is 23.1 Å². The molecular weight excluding hydrogens is 272 g/mol. The molecule has 2 aromatic rings. The lowest BCUT2D eigenvalue weighted by Crippen LogP contribution is -1.98. The van der Waals surface area contributed by atoms with Crippen molar-refractivity contribution in [2.75, 3.05) is 5.75 Å². The van der Waals surface area contributed by atoms with Crippen molar-refractivity contribution in [2.24, 2.45) is 0 Å². The lowest BCUT2D eigenvalue weighted by Gasteiger charge is -2.00. The van der Waals surface area contributed by atoms with Gasteiger partial charge in [0.1, 0.15) is 0 Å². The molecule has 0 aliphatic heterocycles. The van der Waals surface area contributed by atoms with Crippen LogP contribution >= 0.6 is 34.7 Å². The highest BCUT2D eigenvalue weighted by molar-refractivity contribution is 8.00. The largest absolute Gasteiger partial charge is 0.292 e. The normalized spacial score (nSPS) is 10.5. The van der Waals surface area contributed by atoms with Crippen LogP contribution < -0.4 is 0 Å². The molecule has 0 atom stereocenters. The van der Waals surface area contributed by atoms with Gasteiger partial charge in [0.05, 0.1) is 10.6 Å². The molecule has 1 nitrogen and oxygen atoms in total. The topological polar surface area (TPSA) is 17.1 Å². The number of halogens is 1. The molecule has 0 unspecified atom stereocenters. The number of hydrogen-bond donors (Lipinski definition) is 0. The quantitative estimate of drug-likeness (QED) is 0.598. The van der Waals surface area contributed by atoms with Crippen molar-refractivity contribution < 1.29 is 4.79 Å². The molecule has 0 saturated carbocycles. The van der Waals surface area contributed by atoms with Crippen molar-refractivity contribution in [2.45, 2.75) is 11.8 Å². The minimum absolute atomic E-state index is 0.174. The maximum atomic E-state index is 11.9. The van der Waals surface area contributed by atoms with E-state index < -0.39 is 0 Å². The molecule has 4 heteroatoms. The Morgan fingerprint density at radius 3 is 2.82 bits per heavy atom. The minimum atomic E-state index is 0.174. The van der Waals surface area contributed by atoms with E-state index in [1.807, 2.05) is 43.3 Å².